The summed E-state index contributed by atoms with van der Waals surface area (Å²) in [6, 6.07) is 10.5. The van der Waals surface area contributed by atoms with Crippen molar-refractivity contribution >= 4 is 11.5 Å². The zero-order chi connectivity index (χ0) is 20.6. The number of rotatable bonds is 4. The van der Waals surface area contributed by atoms with Gasteiger partial charge in [-0.15, -0.1) is 0 Å². The molecule has 2 aromatic carbocycles. The molecule has 0 bridgehead atoms. The Bertz CT molecular complexity index is 936. The molecule has 7 heteroatoms. The summed E-state index contributed by atoms with van der Waals surface area (Å²) in [6.07, 6.45) is 2.49. The Morgan fingerprint density at radius 1 is 1.17 bits per heavy atom. The zero-order valence-electron chi connectivity index (χ0n) is 16.0. The largest absolute Gasteiger partial charge is 0.385 e. The summed E-state index contributed by atoms with van der Waals surface area (Å²) >= 11 is 0. The standard InChI is InChI=1S/C22H23FN2O4/c23-18-6-4-17(5-7-18)22(27)9-11-24(12-10-22)14-16-2-1-15-3-8-19(25(28)29)13-20(15)21(16)26/h3-8,13,16,27H,1-2,9-12,14H2. The Morgan fingerprint density at radius 3 is 2.52 bits per heavy atom. The molecule has 1 saturated heterocycles. The number of Topliss-reactive ketones (excluding diaryl/α,β-unsaturated/α-hetero) is 1. The molecule has 29 heavy (non-hydrogen) atoms. The number of carbonyl (C=O) groups is 1. The summed E-state index contributed by atoms with van der Waals surface area (Å²) in [7, 11) is 0. The van der Waals surface area contributed by atoms with Gasteiger partial charge in [0.2, 0.25) is 0 Å². The van der Waals surface area contributed by atoms with Gasteiger partial charge >= 0.3 is 0 Å². The van der Waals surface area contributed by atoms with E-state index < -0.39 is 10.5 Å². The fourth-order valence-electron chi connectivity index (χ4n) is 4.45. The number of non-ortho nitro benzene ring substituents is 1. The number of likely N-dealkylation sites (tertiary alicyclic amines) is 1. The number of nitro groups is 1. The lowest BCUT2D eigenvalue weighted by Crippen LogP contribution is -2.45. The summed E-state index contributed by atoms with van der Waals surface area (Å²) in [5.41, 5.74) is 1.03. The van der Waals surface area contributed by atoms with E-state index in [1.807, 2.05) is 0 Å². The number of benzene rings is 2. The Kier molecular flexibility index (Phi) is 5.19. The molecule has 0 aromatic heterocycles. The monoisotopic (exact) mass is 398 g/mol. The molecule has 1 N–H and O–H groups in total. The number of hydrogen-bond donors (Lipinski definition) is 1. The Hall–Kier alpha value is -2.64. The van der Waals surface area contributed by atoms with Crippen molar-refractivity contribution < 1.29 is 19.2 Å². The third-order valence-corrected chi connectivity index (χ3v) is 6.25. The molecule has 0 radical (unpaired) electrons. The van der Waals surface area contributed by atoms with Crippen molar-refractivity contribution in [3.8, 4) is 0 Å². The van der Waals surface area contributed by atoms with Crippen LogP contribution in [0.5, 0.6) is 0 Å². The molecule has 2 aliphatic rings. The average molecular weight is 398 g/mol. The highest BCUT2D eigenvalue weighted by atomic mass is 19.1. The van der Waals surface area contributed by atoms with Crippen molar-refractivity contribution in [2.45, 2.75) is 31.3 Å². The summed E-state index contributed by atoms with van der Waals surface area (Å²) in [5.74, 6) is -0.554. The lowest BCUT2D eigenvalue weighted by Gasteiger charge is -2.40. The van der Waals surface area contributed by atoms with Gasteiger partial charge in [0, 0.05) is 43.2 Å². The number of aliphatic hydroxyl groups is 1. The summed E-state index contributed by atoms with van der Waals surface area (Å²) in [5, 5.41) is 22.0. The molecule has 0 saturated carbocycles. The van der Waals surface area contributed by atoms with Gasteiger partial charge in [-0.25, -0.2) is 4.39 Å². The van der Waals surface area contributed by atoms with E-state index in [9.17, 15) is 24.4 Å². The van der Waals surface area contributed by atoms with Crippen molar-refractivity contribution in [1.29, 1.82) is 0 Å². The molecule has 6 nitrogen and oxygen atoms in total. The highest BCUT2D eigenvalue weighted by Crippen LogP contribution is 2.34. The molecule has 1 heterocycles. The van der Waals surface area contributed by atoms with Crippen LogP contribution in [0.4, 0.5) is 10.1 Å². The van der Waals surface area contributed by atoms with Gasteiger partial charge in [-0.2, -0.15) is 0 Å². The molecular formula is C22H23FN2O4. The molecule has 1 unspecified atom stereocenters. The first-order chi connectivity index (χ1) is 13.9. The number of fused-ring (bicyclic) bond motifs is 1. The van der Waals surface area contributed by atoms with Crippen molar-refractivity contribution in [2.24, 2.45) is 5.92 Å². The topological polar surface area (TPSA) is 83.7 Å². The van der Waals surface area contributed by atoms with Gasteiger partial charge in [-0.3, -0.25) is 14.9 Å². The van der Waals surface area contributed by atoms with Crippen LogP contribution in [0.3, 0.4) is 0 Å². The number of piperidine rings is 1. The number of ketones is 1. The molecule has 1 aliphatic heterocycles. The quantitative estimate of drug-likeness (QED) is 0.630. The fraction of sp³-hybridized carbons (Fsp3) is 0.409. The molecule has 0 spiro atoms. The second-order valence-electron chi connectivity index (χ2n) is 8.04. The van der Waals surface area contributed by atoms with Crippen molar-refractivity contribution in [2.75, 3.05) is 19.6 Å². The molecule has 1 aliphatic carbocycles. The first-order valence-corrected chi connectivity index (χ1v) is 9.88. The molecule has 152 valence electrons. The summed E-state index contributed by atoms with van der Waals surface area (Å²) < 4.78 is 13.2. The fourth-order valence-corrected chi connectivity index (χ4v) is 4.45. The first-order valence-electron chi connectivity index (χ1n) is 9.88. The van der Waals surface area contributed by atoms with E-state index in [0.717, 1.165) is 18.4 Å². The number of halogens is 1. The smallest absolute Gasteiger partial charge is 0.270 e. The van der Waals surface area contributed by atoms with E-state index in [-0.39, 0.29) is 23.2 Å². The van der Waals surface area contributed by atoms with Gasteiger partial charge in [0.05, 0.1) is 10.5 Å². The molecule has 2 aromatic rings. The number of hydrogen-bond acceptors (Lipinski definition) is 5. The third kappa shape index (κ3) is 3.93. The van der Waals surface area contributed by atoms with Gasteiger partial charge in [-0.1, -0.05) is 18.2 Å². The number of nitrogens with zero attached hydrogens (tertiary/aromatic N) is 2. The molecule has 0 amide bonds. The van der Waals surface area contributed by atoms with Crippen LogP contribution in [0, 0.1) is 21.8 Å². The van der Waals surface area contributed by atoms with E-state index in [1.54, 1.807) is 18.2 Å². The second-order valence-corrected chi connectivity index (χ2v) is 8.04. The SMILES string of the molecule is O=C1c2cc([N+](=O)[O-])ccc2CCC1CN1CCC(O)(c2ccc(F)cc2)CC1. The lowest BCUT2D eigenvalue weighted by atomic mass is 9.81. The van der Waals surface area contributed by atoms with Crippen LogP contribution in [-0.4, -0.2) is 40.3 Å². The second kappa shape index (κ2) is 7.65. The zero-order valence-corrected chi connectivity index (χ0v) is 16.0. The van der Waals surface area contributed by atoms with Crippen LogP contribution < -0.4 is 0 Å². The van der Waals surface area contributed by atoms with Gasteiger partial charge in [-0.05, 0) is 48.9 Å². The highest BCUT2D eigenvalue weighted by Gasteiger charge is 2.36. The minimum absolute atomic E-state index is 0.0330. The Labute approximate surface area is 168 Å². The van der Waals surface area contributed by atoms with E-state index >= 15 is 0 Å². The predicted molar refractivity (Wildman–Crippen MR) is 105 cm³/mol. The maximum atomic E-state index is 13.2. The van der Waals surface area contributed by atoms with Crippen molar-refractivity contribution in [3.63, 3.8) is 0 Å². The predicted octanol–water partition coefficient (Wildman–Crippen LogP) is 3.46. The lowest BCUT2D eigenvalue weighted by molar-refractivity contribution is -0.384. The van der Waals surface area contributed by atoms with E-state index in [1.165, 1.54) is 24.3 Å². The highest BCUT2D eigenvalue weighted by molar-refractivity contribution is 6.00. The maximum Gasteiger partial charge on any atom is 0.270 e. The van der Waals surface area contributed by atoms with E-state index in [2.05, 4.69) is 4.90 Å². The van der Waals surface area contributed by atoms with Gasteiger partial charge in [0.25, 0.3) is 5.69 Å². The Morgan fingerprint density at radius 2 is 1.86 bits per heavy atom. The number of aryl methyl sites for hydroxylation is 1. The van der Waals surface area contributed by atoms with Gasteiger partial charge in [0.15, 0.2) is 5.78 Å². The third-order valence-electron chi connectivity index (χ3n) is 6.25. The van der Waals surface area contributed by atoms with Crippen molar-refractivity contribution in [1.82, 2.24) is 4.90 Å². The number of nitro benzene ring substituents is 1. The molecule has 4 rings (SSSR count). The average Bonchev–Trinajstić information content (AvgIpc) is 2.72. The van der Waals surface area contributed by atoms with Crippen LogP contribution in [-0.2, 0) is 12.0 Å². The van der Waals surface area contributed by atoms with Crippen LogP contribution in [0.25, 0.3) is 0 Å². The van der Waals surface area contributed by atoms with Crippen LogP contribution >= 0.6 is 0 Å². The normalized spacial score (nSPS) is 21.6. The maximum absolute atomic E-state index is 13.2. The summed E-state index contributed by atoms with van der Waals surface area (Å²) in [6.45, 7) is 1.86. The van der Waals surface area contributed by atoms with E-state index in [4.69, 9.17) is 0 Å². The van der Waals surface area contributed by atoms with Gasteiger partial charge in [0.1, 0.15) is 5.82 Å². The summed E-state index contributed by atoms with van der Waals surface area (Å²) in [4.78, 5) is 25.6. The Balaban J connectivity index is 1.41. The van der Waals surface area contributed by atoms with Crippen molar-refractivity contribution in [3.05, 3.63) is 75.1 Å². The van der Waals surface area contributed by atoms with Crippen LogP contribution in [0.15, 0.2) is 42.5 Å². The minimum atomic E-state index is -0.978. The number of carbonyl (C=O) groups excluding carboxylic acids is 1. The molecule has 1 atom stereocenters. The molecule has 1 fully saturated rings. The van der Waals surface area contributed by atoms with Crippen LogP contribution in [0.1, 0.15) is 40.7 Å². The first kappa shape index (κ1) is 19.7. The van der Waals surface area contributed by atoms with E-state index in [0.29, 0.717) is 43.6 Å². The van der Waals surface area contributed by atoms with Crippen LogP contribution in [0.2, 0.25) is 0 Å². The van der Waals surface area contributed by atoms with Gasteiger partial charge < -0.3 is 10.0 Å². The molecular weight excluding hydrogens is 375 g/mol. The minimum Gasteiger partial charge on any atom is -0.385 e.